The number of halogens is 1. The summed E-state index contributed by atoms with van der Waals surface area (Å²) in [6.07, 6.45) is 5.34. The molecule has 2 rings (SSSR count). The van der Waals surface area contributed by atoms with E-state index >= 15 is 0 Å². The van der Waals surface area contributed by atoms with Crippen molar-refractivity contribution < 1.29 is 0 Å². The van der Waals surface area contributed by atoms with Crippen LogP contribution < -0.4 is 5.73 Å². The van der Waals surface area contributed by atoms with Crippen molar-refractivity contribution in [1.29, 1.82) is 0 Å². The molecular formula is C14H20IN. The van der Waals surface area contributed by atoms with E-state index in [9.17, 15) is 0 Å². The standard InChI is InChI=1S/C14H20IN/c1-10-4-2-5-11(8-10)14(16)12-6-3-7-13(15)9-12/h3,6-7,9-11,14H,2,4-5,8,16H2,1H3. The highest BCUT2D eigenvalue weighted by Crippen LogP contribution is 2.35. The highest BCUT2D eigenvalue weighted by molar-refractivity contribution is 14.1. The zero-order chi connectivity index (χ0) is 11.5. The average Bonchev–Trinajstić information content (AvgIpc) is 2.28. The fraction of sp³-hybridized carbons (Fsp3) is 0.571. The lowest BCUT2D eigenvalue weighted by atomic mass is 9.77. The van der Waals surface area contributed by atoms with Gasteiger partial charge in [-0.3, -0.25) is 0 Å². The van der Waals surface area contributed by atoms with E-state index in [0.717, 1.165) is 5.92 Å². The van der Waals surface area contributed by atoms with Crippen LogP contribution in [-0.4, -0.2) is 0 Å². The van der Waals surface area contributed by atoms with E-state index in [0.29, 0.717) is 5.92 Å². The number of benzene rings is 1. The van der Waals surface area contributed by atoms with Crippen LogP contribution >= 0.6 is 22.6 Å². The van der Waals surface area contributed by atoms with E-state index in [-0.39, 0.29) is 6.04 Å². The van der Waals surface area contributed by atoms with Crippen LogP contribution in [-0.2, 0) is 0 Å². The van der Waals surface area contributed by atoms with Gasteiger partial charge in [-0.1, -0.05) is 31.9 Å². The summed E-state index contributed by atoms with van der Waals surface area (Å²) >= 11 is 2.36. The van der Waals surface area contributed by atoms with Crippen molar-refractivity contribution in [2.45, 2.75) is 38.6 Å². The van der Waals surface area contributed by atoms with E-state index in [2.05, 4.69) is 53.8 Å². The van der Waals surface area contributed by atoms with Crippen LogP contribution in [0.5, 0.6) is 0 Å². The maximum absolute atomic E-state index is 6.40. The van der Waals surface area contributed by atoms with Gasteiger partial charge in [-0.05, 0) is 65.0 Å². The number of nitrogens with two attached hydrogens (primary N) is 1. The van der Waals surface area contributed by atoms with Gasteiger partial charge in [0.25, 0.3) is 0 Å². The Kier molecular flexibility index (Phi) is 4.25. The predicted molar refractivity (Wildman–Crippen MR) is 77.2 cm³/mol. The van der Waals surface area contributed by atoms with E-state index in [4.69, 9.17) is 5.73 Å². The number of hydrogen-bond acceptors (Lipinski definition) is 1. The summed E-state index contributed by atoms with van der Waals surface area (Å²) < 4.78 is 1.29. The average molecular weight is 329 g/mol. The topological polar surface area (TPSA) is 26.0 Å². The first kappa shape index (κ1) is 12.4. The lowest BCUT2D eigenvalue weighted by Crippen LogP contribution is -2.26. The van der Waals surface area contributed by atoms with Gasteiger partial charge < -0.3 is 5.73 Å². The molecule has 1 fully saturated rings. The Hall–Kier alpha value is -0.0900. The maximum Gasteiger partial charge on any atom is 0.0323 e. The van der Waals surface area contributed by atoms with E-state index < -0.39 is 0 Å². The molecule has 2 heteroatoms. The zero-order valence-electron chi connectivity index (χ0n) is 9.83. The van der Waals surface area contributed by atoms with Gasteiger partial charge >= 0.3 is 0 Å². The van der Waals surface area contributed by atoms with Gasteiger partial charge in [-0.2, -0.15) is 0 Å². The zero-order valence-corrected chi connectivity index (χ0v) is 12.0. The van der Waals surface area contributed by atoms with Crippen molar-refractivity contribution in [2.24, 2.45) is 17.6 Å². The molecule has 0 aliphatic heterocycles. The maximum atomic E-state index is 6.40. The third-order valence-corrected chi connectivity index (χ3v) is 4.39. The molecule has 1 aromatic rings. The number of rotatable bonds is 2. The van der Waals surface area contributed by atoms with Crippen molar-refractivity contribution in [1.82, 2.24) is 0 Å². The molecule has 3 unspecified atom stereocenters. The Morgan fingerprint density at radius 1 is 1.38 bits per heavy atom. The molecule has 0 bridgehead atoms. The van der Waals surface area contributed by atoms with E-state index in [1.165, 1.54) is 34.8 Å². The third-order valence-electron chi connectivity index (χ3n) is 3.72. The predicted octanol–water partition coefficient (Wildman–Crippen LogP) is 4.12. The lowest BCUT2D eigenvalue weighted by Gasteiger charge is -2.31. The second-order valence-electron chi connectivity index (χ2n) is 5.11. The molecule has 88 valence electrons. The molecule has 1 aliphatic carbocycles. The molecule has 0 aromatic heterocycles. The van der Waals surface area contributed by atoms with Gasteiger partial charge in [0, 0.05) is 9.61 Å². The van der Waals surface area contributed by atoms with Crippen LogP contribution in [0.15, 0.2) is 24.3 Å². The molecule has 2 N–H and O–H groups in total. The minimum atomic E-state index is 0.234. The van der Waals surface area contributed by atoms with Gasteiger partial charge in [0.2, 0.25) is 0 Å². The Morgan fingerprint density at radius 3 is 2.88 bits per heavy atom. The Bertz CT molecular complexity index is 350. The Morgan fingerprint density at radius 2 is 2.19 bits per heavy atom. The molecule has 1 nitrogen and oxygen atoms in total. The van der Waals surface area contributed by atoms with Gasteiger partial charge in [-0.15, -0.1) is 0 Å². The summed E-state index contributed by atoms with van der Waals surface area (Å²) in [7, 11) is 0. The SMILES string of the molecule is CC1CCCC(C(N)c2cccc(I)c2)C1. The molecule has 1 aromatic carbocycles. The van der Waals surface area contributed by atoms with Crippen LogP contribution in [0.2, 0.25) is 0 Å². The first-order chi connectivity index (χ1) is 7.66. The molecule has 0 heterocycles. The van der Waals surface area contributed by atoms with E-state index in [1.54, 1.807) is 0 Å². The van der Waals surface area contributed by atoms with Crippen molar-refractivity contribution in [3.05, 3.63) is 33.4 Å². The first-order valence-corrected chi connectivity index (χ1v) is 7.25. The van der Waals surface area contributed by atoms with Crippen LogP contribution in [0.3, 0.4) is 0 Å². The monoisotopic (exact) mass is 329 g/mol. The summed E-state index contributed by atoms with van der Waals surface area (Å²) in [6, 6.07) is 8.87. The Balaban J connectivity index is 2.09. The van der Waals surface area contributed by atoms with Crippen molar-refractivity contribution in [2.75, 3.05) is 0 Å². The summed E-state index contributed by atoms with van der Waals surface area (Å²) in [5.74, 6) is 1.54. The van der Waals surface area contributed by atoms with Crippen LogP contribution in [0.1, 0.15) is 44.2 Å². The molecule has 0 radical (unpaired) electrons. The normalized spacial score (nSPS) is 27.7. The molecule has 0 amide bonds. The van der Waals surface area contributed by atoms with Crippen molar-refractivity contribution in [3.63, 3.8) is 0 Å². The number of hydrogen-bond donors (Lipinski definition) is 1. The molecule has 1 saturated carbocycles. The van der Waals surface area contributed by atoms with Crippen molar-refractivity contribution >= 4 is 22.6 Å². The first-order valence-electron chi connectivity index (χ1n) is 6.18. The summed E-state index contributed by atoms with van der Waals surface area (Å²) in [5, 5.41) is 0. The second kappa shape index (κ2) is 5.50. The van der Waals surface area contributed by atoms with Crippen molar-refractivity contribution in [3.8, 4) is 0 Å². The molecule has 0 spiro atoms. The van der Waals surface area contributed by atoms with Crippen LogP contribution in [0, 0.1) is 15.4 Å². The molecule has 0 saturated heterocycles. The minimum Gasteiger partial charge on any atom is -0.324 e. The quantitative estimate of drug-likeness (QED) is 0.812. The Labute approximate surface area is 112 Å². The summed E-state index contributed by atoms with van der Waals surface area (Å²) in [5.41, 5.74) is 7.71. The smallest absolute Gasteiger partial charge is 0.0323 e. The molecule has 1 aliphatic rings. The molecule has 16 heavy (non-hydrogen) atoms. The summed E-state index contributed by atoms with van der Waals surface area (Å²) in [4.78, 5) is 0. The lowest BCUT2D eigenvalue weighted by molar-refractivity contribution is 0.248. The van der Waals surface area contributed by atoms with Gasteiger partial charge in [0.1, 0.15) is 0 Å². The van der Waals surface area contributed by atoms with Gasteiger partial charge in [0.15, 0.2) is 0 Å². The highest BCUT2D eigenvalue weighted by Gasteiger charge is 2.25. The summed E-state index contributed by atoms with van der Waals surface area (Å²) in [6.45, 7) is 2.35. The van der Waals surface area contributed by atoms with Gasteiger partial charge in [0.05, 0.1) is 0 Å². The highest BCUT2D eigenvalue weighted by atomic mass is 127. The third kappa shape index (κ3) is 2.98. The minimum absolute atomic E-state index is 0.234. The molecular weight excluding hydrogens is 309 g/mol. The molecule has 3 atom stereocenters. The van der Waals surface area contributed by atoms with E-state index in [1.807, 2.05) is 0 Å². The second-order valence-corrected chi connectivity index (χ2v) is 6.36. The largest absolute Gasteiger partial charge is 0.324 e. The fourth-order valence-electron chi connectivity index (χ4n) is 2.79. The van der Waals surface area contributed by atoms with Crippen LogP contribution in [0.25, 0.3) is 0 Å². The van der Waals surface area contributed by atoms with Crippen LogP contribution in [0.4, 0.5) is 0 Å². The van der Waals surface area contributed by atoms with Gasteiger partial charge in [-0.25, -0.2) is 0 Å². The fourth-order valence-corrected chi connectivity index (χ4v) is 3.36.